The average Bonchev–Trinajstić information content (AvgIpc) is 3.00. The Hall–Kier alpha value is -2.89. The summed E-state index contributed by atoms with van der Waals surface area (Å²) in [6.45, 7) is 6.64. The lowest BCUT2D eigenvalue weighted by molar-refractivity contribution is 0.0748. The van der Waals surface area contributed by atoms with E-state index in [1.54, 1.807) is 6.07 Å². The van der Waals surface area contributed by atoms with Gasteiger partial charge in [0.15, 0.2) is 0 Å². The molecule has 0 aliphatic carbocycles. The third kappa shape index (κ3) is 3.26. The highest BCUT2D eigenvalue weighted by atomic mass is 19.1. The second kappa shape index (κ2) is 7.17. The second-order valence-corrected chi connectivity index (χ2v) is 8.01. The fraction of sp³-hybridized carbons (Fsp3) is 0.391. The molecule has 2 aliphatic heterocycles. The van der Waals surface area contributed by atoms with Gasteiger partial charge in [0.05, 0.1) is 17.7 Å². The van der Waals surface area contributed by atoms with E-state index in [-0.39, 0.29) is 23.6 Å². The number of nitrogens with one attached hydrogen (secondary N) is 1. The lowest BCUT2D eigenvalue weighted by Crippen LogP contribution is -2.33. The van der Waals surface area contributed by atoms with Gasteiger partial charge in [-0.2, -0.15) is 0 Å². The van der Waals surface area contributed by atoms with Gasteiger partial charge in [0, 0.05) is 19.5 Å². The van der Waals surface area contributed by atoms with Crippen molar-refractivity contribution in [2.45, 2.75) is 45.8 Å². The first-order chi connectivity index (χ1) is 13.8. The molecular weight excluding hydrogens is 371 g/mol. The summed E-state index contributed by atoms with van der Waals surface area (Å²) in [6, 6.07) is 6.68. The maximum absolute atomic E-state index is 14.4. The molecule has 5 nitrogen and oxygen atoms in total. The number of carbonyl (C=O) groups excluding carboxylic acids is 2. The Morgan fingerprint density at radius 1 is 1.28 bits per heavy atom. The zero-order valence-electron chi connectivity index (χ0n) is 17.1. The molecule has 2 amide bonds. The maximum Gasteiger partial charge on any atom is 0.258 e. The van der Waals surface area contributed by atoms with Gasteiger partial charge in [-0.3, -0.25) is 9.59 Å². The molecular formula is C23H25FN2O3. The van der Waals surface area contributed by atoms with Crippen LogP contribution in [0.3, 0.4) is 0 Å². The van der Waals surface area contributed by atoms with E-state index >= 15 is 0 Å². The molecule has 29 heavy (non-hydrogen) atoms. The van der Waals surface area contributed by atoms with Gasteiger partial charge in [-0.1, -0.05) is 6.07 Å². The van der Waals surface area contributed by atoms with Crippen molar-refractivity contribution < 1.29 is 18.7 Å². The molecule has 0 aromatic heterocycles. The first-order valence-electron chi connectivity index (χ1n) is 9.91. The summed E-state index contributed by atoms with van der Waals surface area (Å²) in [7, 11) is 1.47. The van der Waals surface area contributed by atoms with Crippen molar-refractivity contribution in [1.82, 2.24) is 10.2 Å². The Morgan fingerprint density at radius 3 is 2.72 bits per heavy atom. The van der Waals surface area contributed by atoms with E-state index in [1.165, 1.54) is 19.2 Å². The average molecular weight is 396 g/mol. The summed E-state index contributed by atoms with van der Waals surface area (Å²) in [6.07, 6.45) is 1.35. The van der Waals surface area contributed by atoms with Gasteiger partial charge in [0.1, 0.15) is 17.7 Å². The molecule has 2 atom stereocenters. The molecule has 2 bridgehead atoms. The minimum Gasteiger partial charge on any atom is -0.487 e. The number of halogens is 1. The van der Waals surface area contributed by atoms with Crippen LogP contribution in [-0.4, -0.2) is 42.5 Å². The van der Waals surface area contributed by atoms with Crippen molar-refractivity contribution in [3.05, 3.63) is 63.5 Å². The largest absolute Gasteiger partial charge is 0.487 e. The molecule has 2 aromatic carbocycles. The van der Waals surface area contributed by atoms with E-state index in [0.29, 0.717) is 24.3 Å². The van der Waals surface area contributed by atoms with Crippen LogP contribution in [-0.2, 0) is 6.42 Å². The predicted molar refractivity (Wildman–Crippen MR) is 108 cm³/mol. The normalized spacial score (nSPS) is 20.2. The number of ether oxygens (including phenoxy) is 1. The summed E-state index contributed by atoms with van der Waals surface area (Å²) in [5.74, 6) is -0.329. The molecule has 0 radical (unpaired) electrons. The van der Waals surface area contributed by atoms with Gasteiger partial charge < -0.3 is 15.0 Å². The molecule has 2 aromatic rings. The number of hydrogen-bond acceptors (Lipinski definition) is 3. The van der Waals surface area contributed by atoms with E-state index < -0.39 is 11.7 Å². The minimum atomic E-state index is -0.553. The van der Waals surface area contributed by atoms with Crippen molar-refractivity contribution in [2.75, 3.05) is 13.6 Å². The molecule has 152 valence electrons. The molecule has 0 saturated carbocycles. The van der Waals surface area contributed by atoms with E-state index in [0.717, 1.165) is 28.7 Å². The van der Waals surface area contributed by atoms with Gasteiger partial charge in [0.25, 0.3) is 11.8 Å². The van der Waals surface area contributed by atoms with E-state index in [2.05, 4.69) is 5.32 Å². The Morgan fingerprint density at radius 2 is 2.03 bits per heavy atom. The molecule has 1 saturated heterocycles. The van der Waals surface area contributed by atoms with Gasteiger partial charge >= 0.3 is 0 Å². The van der Waals surface area contributed by atoms with Crippen LogP contribution in [0, 0.1) is 19.7 Å². The number of nitrogens with zero attached hydrogens (tertiary/aromatic N) is 1. The molecule has 2 heterocycles. The smallest absolute Gasteiger partial charge is 0.258 e. The fourth-order valence-corrected chi connectivity index (χ4v) is 4.33. The van der Waals surface area contributed by atoms with E-state index in [4.69, 9.17) is 4.74 Å². The Kier molecular flexibility index (Phi) is 4.81. The van der Waals surface area contributed by atoms with Crippen molar-refractivity contribution in [1.29, 1.82) is 0 Å². The van der Waals surface area contributed by atoms with Gasteiger partial charge in [0.2, 0.25) is 0 Å². The Balaban J connectivity index is 1.71. The van der Waals surface area contributed by atoms with Crippen LogP contribution in [0.4, 0.5) is 4.39 Å². The summed E-state index contributed by atoms with van der Waals surface area (Å²) in [4.78, 5) is 26.7. The molecule has 4 rings (SSSR count). The van der Waals surface area contributed by atoms with Crippen LogP contribution in [0.5, 0.6) is 5.75 Å². The molecule has 1 fully saturated rings. The van der Waals surface area contributed by atoms with E-state index in [9.17, 15) is 14.0 Å². The number of amides is 2. The molecule has 0 unspecified atom stereocenters. The van der Waals surface area contributed by atoms with Crippen molar-refractivity contribution in [3.63, 3.8) is 0 Å². The van der Waals surface area contributed by atoms with Crippen LogP contribution < -0.4 is 10.1 Å². The Labute approximate surface area is 169 Å². The Bertz CT molecular complexity index is 1020. The van der Waals surface area contributed by atoms with Gasteiger partial charge in [-0.25, -0.2) is 4.39 Å². The van der Waals surface area contributed by atoms with Gasteiger partial charge in [-0.05, 0) is 67.6 Å². The van der Waals surface area contributed by atoms with Gasteiger partial charge in [-0.15, -0.1) is 0 Å². The number of hydrogen-bond donors (Lipinski definition) is 1. The van der Waals surface area contributed by atoms with Crippen LogP contribution in [0.15, 0.2) is 24.3 Å². The summed E-state index contributed by atoms with van der Waals surface area (Å²) < 4.78 is 20.6. The van der Waals surface area contributed by atoms with Crippen LogP contribution in [0.25, 0.3) is 0 Å². The third-order valence-electron chi connectivity index (χ3n) is 6.16. The van der Waals surface area contributed by atoms with Crippen molar-refractivity contribution in [2.24, 2.45) is 0 Å². The van der Waals surface area contributed by atoms with Crippen LogP contribution in [0.2, 0.25) is 0 Å². The number of fused-ring (bicyclic) bond motifs is 3. The number of carbonyl (C=O) groups is 2. The summed E-state index contributed by atoms with van der Waals surface area (Å²) >= 11 is 0. The minimum absolute atomic E-state index is 0.00186. The standard InChI is InChI=1S/C23H25FN2O3/c1-12-7-17-11-26(12)23(28)19-10-16(13(2)14(3)21(19)29-17)8-15-5-6-18(20(24)9-15)22(27)25-4/h5-6,9-10,12,17H,7-8,11H2,1-4H3,(H,25,27)/t12-,17+/m1/s1. The lowest BCUT2D eigenvalue weighted by Gasteiger charge is -2.24. The SMILES string of the molecule is CNC(=O)c1ccc(Cc2cc3c(c(C)c2C)O[C@H]2C[C@@H](C)N(C2)C3=O)cc1F. The third-order valence-corrected chi connectivity index (χ3v) is 6.16. The number of benzene rings is 2. The highest BCUT2D eigenvalue weighted by Gasteiger charge is 2.39. The molecule has 0 spiro atoms. The highest BCUT2D eigenvalue weighted by molar-refractivity contribution is 5.99. The quantitative estimate of drug-likeness (QED) is 0.865. The zero-order chi connectivity index (χ0) is 20.9. The van der Waals surface area contributed by atoms with E-state index in [1.807, 2.05) is 31.7 Å². The monoisotopic (exact) mass is 396 g/mol. The first kappa shape index (κ1) is 19.4. The molecule has 6 heteroatoms. The molecule has 1 N–H and O–H groups in total. The second-order valence-electron chi connectivity index (χ2n) is 8.01. The highest BCUT2D eigenvalue weighted by Crippen LogP contribution is 2.38. The maximum atomic E-state index is 14.4. The number of rotatable bonds is 3. The predicted octanol–water partition coefficient (Wildman–Crippen LogP) is 3.39. The van der Waals surface area contributed by atoms with Crippen LogP contribution >= 0.6 is 0 Å². The fourth-order valence-electron chi connectivity index (χ4n) is 4.33. The summed E-state index contributed by atoms with van der Waals surface area (Å²) in [5, 5.41) is 2.43. The van der Waals surface area contributed by atoms with Crippen LogP contribution in [0.1, 0.15) is 56.3 Å². The lowest BCUT2D eigenvalue weighted by atomic mass is 9.92. The van der Waals surface area contributed by atoms with Crippen molar-refractivity contribution >= 4 is 11.8 Å². The molecule has 2 aliphatic rings. The summed E-state index contributed by atoms with van der Waals surface area (Å²) in [5.41, 5.74) is 4.29. The first-order valence-corrected chi connectivity index (χ1v) is 9.91. The zero-order valence-corrected chi connectivity index (χ0v) is 17.1. The van der Waals surface area contributed by atoms with Crippen molar-refractivity contribution in [3.8, 4) is 5.75 Å². The topological polar surface area (TPSA) is 58.6 Å².